The summed E-state index contributed by atoms with van der Waals surface area (Å²) in [4.78, 5) is 8.41. The van der Waals surface area contributed by atoms with Gasteiger partial charge in [-0.2, -0.15) is 0 Å². The third-order valence-corrected chi connectivity index (χ3v) is 4.26. The topological polar surface area (TPSA) is 28.2 Å². The van der Waals surface area contributed by atoms with Crippen LogP contribution in [0.15, 0.2) is 6.20 Å². The Morgan fingerprint density at radius 1 is 1.47 bits per heavy atom. The van der Waals surface area contributed by atoms with E-state index in [1.165, 1.54) is 48.8 Å². The van der Waals surface area contributed by atoms with Crippen LogP contribution in [0.5, 0.6) is 0 Å². The molecule has 0 bridgehead atoms. The van der Waals surface area contributed by atoms with Gasteiger partial charge in [-0.15, -0.1) is 11.3 Å². The number of aryl methyl sites for hydroxylation is 1. The highest BCUT2D eigenvalue weighted by Crippen LogP contribution is 2.19. The maximum atomic E-state index is 4.35. The zero-order chi connectivity index (χ0) is 12.1. The molecule has 0 radical (unpaired) electrons. The van der Waals surface area contributed by atoms with E-state index in [0.29, 0.717) is 0 Å². The van der Waals surface area contributed by atoms with Crippen molar-refractivity contribution in [2.24, 2.45) is 0 Å². The van der Waals surface area contributed by atoms with Gasteiger partial charge in [0.05, 0.1) is 5.01 Å². The Morgan fingerprint density at radius 2 is 2.24 bits per heavy atom. The Hall–Kier alpha value is -0.450. The molecule has 0 unspecified atom stereocenters. The number of nitrogens with zero attached hydrogens (tertiary/aromatic N) is 2. The second-order valence-corrected chi connectivity index (χ2v) is 6.12. The van der Waals surface area contributed by atoms with Gasteiger partial charge in [0.25, 0.3) is 0 Å². The van der Waals surface area contributed by atoms with Crippen LogP contribution in [0.2, 0.25) is 0 Å². The van der Waals surface area contributed by atoms with Crippen molar-refractivity contribution in [1.82, 2.24) is 15.2 Å². The van der Waals surface area contributed by atoms with Gasteiger partial charge in [0.1, 0.15) is 0 Å². The van der Waals surface area contributed by atoms with Crippen molar-refractivity contribution in [3.8, 4) is 0 Å². The number of hydrogen-bond acceptors (Lipinski definition) is 4. The molecule has 0 spiro atoms. The number of thiazole rings is 1. The quantitative estimate of drug-likeness (QED) is 0.873. The van der Waals surface area contributed by atoms with Crippen LogP contribution >= 0.6 is 11.3 Å². The van der Waals surface area contributed by atoms with Gasteiger partial charge in [0, 0.05) is 23.7 Å². The molecule has 1 aromatic rings. The predicted molar refractivity (Wildman–Crippen MR) is 73.4 cm³/mol. The number of hydrogen-bond donors (Lipinski definition) is 1. The molecule has 1 aliphatic rings. The van der Waals surface area contributed by atoms with Gasteiger partial charge < -0.3 is 5.32 Å². The molecule has 1 aromatic heterocycles. The predicted octanol–water partition coefficient (Wildman–Crippen LogP) is 2.42. The summed E-state index contributed by atoms with van der Waals surface area (Å²) in [6.07, 6.45) is 5.86. The molecular formula is C13H23N3S. The molecule has 3 nitrogen and oxygen atoms in total. The van der Waals surface area contributed by atoms with Crippen molar-refractivity contribution in [1.29, 1.82) is 0 Å². The van der Waals surface area contributed by atoms with E-state index in [1.807, 2.05) is 17.5 Å². The molecule has 1 aliphatic heterocycles. The smallest absolute Gasteiger partial charge is 0.0897 e. The van der Waals surface area contributed by atoms with Gasteiger partial charge in [0.2, 0.25) is 0 Å². The standard InChI is InChI=1S/C13H23N3S/c1-3-8-16(12-4-6-14-7-5-12)10-13-9-15-11(2)17-13/h9,12,14H,3-8,10H2,1-2H3. The van der Waals surface area contributed by atoms with E-state index in [-0.39, 0.29) is 0 Å². The lowest BCUT2D eigenvalue weighted by molar-refractivity contribution is 0.155. The van der Waals surface area contributed by atoms with E-state index in [2.05, 4.69) is 29.0 Å². The number of piperidine rings is 1. The van der Waals surface area contributed by atoms with E-state index in [1.54, 1.807) is 0 Å². The second-order valence-electron chi connectivity index (χ2n) is 4.80. The van der Waals surface area contributed by atoms with Gasteiger partial charge in [-0.05, 0) is 45.8 Å². The summed E-state index contributed by atoms with van der Waals surface area (Å²) >= 11 is 1.84. The van der Waals surface area contributed by atoms with Gasteiger partial charge >= 0.3 is 0 Å². The SMILES string of the molecule is CCCN(Cc1cnc(C)s1)C1CCNCC1. The molecule has 0 saturated carbocycles. The zero-order valence-electron chi connectivity index (χ0n) is 10.9. The number of nitrogens with one attached hydrogen (secondary N) is 1. The fourth-order valence-corrected chi connectivity index (χ4v) is 3.35. The largest absolute Gasteiger partial charge is 0.317 e. The Bertz CT molecular complexity index is 331. The molecule has 1 fully saturated rings. The van der Waals surface area contributed by atoms with Gasteiger partial charge in [-0.3, -0.25) is 4.90 Å². The second kappa shape index (κ2) is 6.47. The summed E-state index contributed by atoms with van der Waals surface area (Å²) in [5.41, 5.74) is 0. The summed E-state index contributed by atoms with van der Waals surface area (Å²) in [5.74, 6) is 0. The number of rotatable bonds is 5. The molecule has 2 rings (SSSR count). The van der Waals surface area contributed by atoms with E-state index in [0.717, 1.165) is 12.6 Å². The fraction of sp³-hybridized carbons (Fsp3) is 0.769. The lowest BCUT2D eigenvalue weighted by Gasteiger charge is -2.34. The first-order valence-corrected chi connectivity index (χ1v) is 7.47. The molecule has 1 N–H and O–H groups in total. The van der Waals surface area contributed by atoms with Crippen LogP contribution in [-0.4, -0.2) is 35.6 Å². The Kier molecular flexibility index (Phi) is 4.95. The Labute approximate surface area is 108 Å². The van der Waals surface area contributed by atoms with Crippen molar-refractivity contribution in [2.45, 2.75) is 45.7 Å². The van der Waals surface area contributed by atoms with Crippen molar-refractivity contribution < 1.29 is 0 Å². The first-order valence-electron chi connectivity index (χ1n) is 6.65. The zero-order valence-corrected chi connectivity index (χ0v) is 11.7. The van der Waals surface area contributed by atoms with Crippen molar-refractivity contribution >= 4 is 11.3 Å². The molecule has 0 aliphatic carbocycles. The highest BCUT2D eigenvalue weighted by Gasteiger charge is 2.20. The fourth-order valence-electron chi connectivity index (χ4n) is 2.53. The molecular weight excluding hydrogens is 230 g/mol. The van der Waals surface area contributed by atoms with Gasteiger partial charge in [-0.1, -0.05) is 6.92 Å². The molecule has 4 heteroatoms. The van der Waals surface area contributed by atoms with Crippen molar-refractivity contribution in [2.75, 3.05) is 19.6 Å². The van der Waals surface area contributed by atoms with Crippen molar-refractivity contribution in [3.05, 3.63) is 16.1 Å². The Morgan fingerprint density at radius 3 is 2.82 bits per heavy atom. The van der Waals surface area contributed by atoms with E-state index in [4.69, 9.17) is 0 Å². The average molecular weight is 253 g/mol. The molecule has 1 saturated heterocycles. The van der Waals surface area contributed by atoms with Crippen LogP contribution in [0.4, 0.5) is 0 Å². The highest BCUT2D eigenvalue weighted by molar-refractivity contribution is 7.11. The average Bonchev–Trinajstić information content (AvgIpc) is 2.75. The summed E-state index contributed by atoms with van der Waals surface area (Å²) in [7, 11) is 0. The van der Waals surface area contributed by atoms with E-state index < -0.39 is 0 Å². The molecule has 96 valence electrons. The normalized spacial score (nSPS) is 17.8. The minimum absolute atomic E-state index is 0.763. The summed E-state index contributed by atoms with van der Waals surface area (Å²) < 4.78 is 0. The lowest BCUT2D eigenvalue weighted by Crippen LogP contribution is -2.42. The van der Waals surface area contributed by atoms with Crippen LogP contribution in [0, 0.1) is 6.92 Å². The minimum Gasteiger partial charge on any atom is -0.317 e. The van der Waals surface area contributed by atoms with Gasteiger partial charge in [0.15, 0.2) is 0 Å². The maximum absolute atomic E-state index is 4.35. The first kappa shape index (κ1) is 13.0. The van der Waals surface area contributed by atoms with Crippen LogP contribution in [0.1, 0.15) is 36.1 Å². The maximum Gasteiger partial charge on any atom is 0.0897 e. The van der Waals surface area contributed by atoms with Crippen LogP contribution in [0.3, 0.4) is 0 Å². The van der Waals surface area contributed by atoms with E-state index in [9.17, 15) is 0 Å². The molecule has 2 heterocycles. The molecule has 0 amide bonds. The van der Waals surface area contributed by atoms with Crippen LogP contribution in [0.25, 0.3) is 0 Å². The molecule has 17 heavy (non-hydrogen) atoms. The molecule has 0 aromatic carbocycles. The van der Waals surface area contributed by atoms with Gasteiger partial charge in [-0.25, -0.2) is 4.98 Å². The number of aromatic nitrogens is 1. The minimum atomic E-state index is 0.763. The van der Waals surface area contributed by atoms with Crippen LogP contribution in [-0.2, 0) is 6.54 Å². The third-order valence-electron chi connectivity index (χ3n) is 3.36. The first-order chi connectivity index (χ1) is 8.29. The van der Waals surface area contributed by atoms with E-state index >= 15 is 0 Å². The monoisotopic (exact) mass is 253 g/mol. The molecule has 0 atom stereocenters. The third kappa shape index (κ3) is 3.76. The van der Waals surface area contributed by atoms with Crippen molar-refractivity contribution in [3.63, 3.8) is 0 Å². The summed E-state index contributed by atoms with van der Waals surface area (Å²) in [6.45, 7) is 9.00. The Balaban J connectivity index is 1.95. The lowest BCUT2D eigenvalue weighted by atomic mass is 10.0. The van der Waals surface area contributed by atoms with Crippen LogP contribution < -0.4 is 5.32 Å². The highest BCUT2D eigenvalue weighted by atomic mass is 32.1. The summed E-state index contributed by atoms with van der Waals surface area (Å²) in [5, 5.41) is 4.63. The summed E-state index contributed by atoms with van der Waals surface area (Å²) in [6, 6.07) is 0.763.